The summed E-state index contributed by atoms with van der Waals surface area (Å²) in [5.74, 6) is 0. The lowest BCUT2D eigenvalue weighted by atomic mass is 10.1. The molecule has 0 bridgehead atoms. The molecule has 1 fully saturated rings. The van der Waals surface area contributed by atoms with Crippen molar-refractivity contribution in [2.24, 2.45) is 0 Å². The molecule has 94 valence electrons. The minimum Gasteiger partial charge on any atom is -0.394 e. The molecule has 1 aromatic rings. The number of hydrogen-bond donors (Lipinski definition) is 1. The SMILES string of the molecule is CC1COC(CO)CN1Cc1ccc(Cl)nc1. The molecule has 0 spiro atoms. The largest absolute Gasteiger partial charge is 0.394 e. The van der Waals surface area contributed by atoms with Gasteiger partial charge in [-0.3, -0.25) is 4.90 Å². The van der Waals surface area contributed by atoms with E-state index in [1.165, 1.54) is 0 Å². The highest BCUT2D eigenvalue weighted by molar-refractivity contribution is 6.29. The van der Waals surface area contributed by atoms with Crippen LogP contribution in [0, 0.1) is 0 Å². The minimum absolute atomic E-state index is 0.0715. The zero-order valence-corrected chi connectivity index (χ0v) is 10.6. The van der Waals surface area contributed by atoms with E-state index in [1.54, 1.807) is 12.3 Å². The van der Waals surface area contributed by atoms with Crippen LogP contribution >= 0.6 is 11.6 Å². The Morgan fingerprint density at radius 2 is 2.41 bits per heavy atom. The Hall–Kier alpha value is -0.680. The van der Waals surface area contributed by atoms with E-state index in [4.69, 9.17) is 21.4 Å². The van der Waals surface area contributed by atoms with Crippen LogP contribution in [0.5, 0.6) is 0 Å². The molecule has 0 saturated carbocycles. The van der Waals surface area contributed by atoms with Gasteiger partial charge in [0.1, 0.15) is 5.15 Å². The number of hydrogen-bond acceptors (Lipinski definition) is 4. The molecule has 0 radical (unpaired) electrons. The van der Waals surface area contributed by atoms with Gasteiger partial charge in [0.2, 0.25) is 0 Å². The van der Waals surface area contributed by atoms with Crippen LogP contribution < -0.4 is 0 Å². The summed E-state index contributed by atoms with van der Waals surface area (Å²) < 4.78 is 5.50. The standard InChI is InChI=1S/C12H17ClN2O2/c1-9-8-17-11(7-16)6-15(9)5-10-2-3-12(13)14-4-10/h2-4,9,11,16H,5-8H2,1H3. The minimum atomic E-state index is -0.0774. The normalized spacial score (nSPS) is 26.1. The van der Waals surface area contributed by atoms with Crippen LogP contribution in [0.25, 0.3) is 0 Å². The highest BCUT2D eigenvalue weighted by Gasteiger charge is 2.25. The molecule has 2 atom stereocenters. The summed E-state index contributed by atoms with van der Waals surface area (Å²) in [4.78, 5) is 6.35. The van der Waals surface area contributed by atoms with Gasteiger partial charge in [-0.2, -0.15) is 0 Å². The van der Waals surface area contributed by atoms with Gasteiger partial charge in [-0.15, -0.1) is 0 Å². The third-order valence-corrected chi connectivity index (χ3v) is 3.24. The molecule has 2 unspecified atom stereocenters. The van der Waals surface area contributed by atoms with E-state index in [2.05, 4.69) is 16.8 Å². The van der Waals surface area contributed by atoms with Crippen molar-refractivity contribution in [2.45, 2.75) is 25.6 Å². The van der Waals surface area contributed by atoms with Crippen LogP contribution in [0.4, 0.5) is 0 Å². The zero-order valence-electron chi connectivity index (χ0n) is 9.84. The second-order valence-corrected chi connectivity index (χ2v) is 4.79. The maximum absolute atomic E-state index is 9.12. The van der Waals surface area contributed by atoms with Crippen molar-refractivity contribution < 1.29 is 9.84 Å². The zero-order chi connectivity index (χ0) is 12.3. The first kappa shape index (κ1) is 12.8. The fourth-order valence-corrected chi connectivity index (χ4v) is 2.05. The fourth-order valence-electron chi connectivity index (χ4n) is 1.94. The van der Waals surface area contributed by atoms with Gasteiger partial charge in [0.25, 0.3) is 0 Å². The van der Waals surface area contributed by atoms with Crippen molar-refractivity contribution in [3.05, 3.63) is 29.0 Å². The number of halogens is 1. The van der Waals surface area contributed by atoms with Crippen LogP contribution in [-0.4, -0.2) is 46.9 Å². The Morgan fingerprint density at radius 3 is 3.06 bits per heavy atom. The first-order valence-corrected chi connectivity index (χ1v) is 6.14. The Kier molecular flexibility index (Phi) is 4.34. The smallest absolute Gasteiger partial charge is 0.129 e. The molecule has 1 aromatic heterocycles. The first-order chi connectivity index (χ1) is 8.19. The number of pyridine rings is 1. The van der Waals surface area contributed by atoms with Crippen molar-refractivity contribution >= 4 is 11.6 Å². The van der Waals surface area contributed by atoms with Gasteiger partial charge >= 0.3 is 0 Å². The van der Waals surface area contributed by atoms with Gasteiger partial charge in [-0.25, -0.2) is 4.98 Å². The maximum atomic E-state index is 9.12. The summed E-state index contributed by atoms with van der Waals surface area (Å²) in [6, 6.07) is 4.13. The summed E-state index contributed by atoms with van der Waals surface area (Å²) >= 11 is 5.75. The Labute approximate surface area is 106 Å². The van der Waals surface area contributed by atoms with Crippen LogP contribution in [0.1, 0.15) is 12.5 Å². The quantitative estimate of drug-likeness (QED) is 0.829. The molecule has 2 heterocycles. The molecule has 4 nitrogen and oxygen atoms in total. The van der Waals surface area contributed by atoms with Crippen molar-refractivity contribution in [3.8, 4) is 0 Å². The number of nitrogens with zero attached hydrogens (tertiary/aromatic N) is 2. The summed E-state index contributed by atoms with van der Waals surface area (Å²) in [6.45, 7) is 4.41. The number of aliphatic hydroxyl groups is 1. The molecule has 0 amide bonds. The van der Waals surface area contributed by atoms with Gasteiger partial charge in [-0.1, -0.05) is 17.7 Å². The lowest BCUT2D eigenvalue weighted by Crippen LogP contribution is -2.48. The average Bonchev–Trinajstić information content (AvgIpc) is 2.35. The number of ether oxygens (including phenoxy) is 1. The lowest BCUT2D eigenvalue weighted by Gasteiger charge is -2.37. The van der Waals surface area contributed by atoms with E-state index in [0.717, 1.165) is 18.7 Å². The molecule has 1 aliphatic rings. The van der Waals surface area contributed by atoms with Crippen LogP contribution in [0.2, 0.25) is 5.15 Å². The van der Waals surface area contributed by atoms with Gasteiger partial charge in [0.15, 0.2) is 0 Å². The number of rotatable bonds is 3. The predicted octanol–water partition coefficient (Wildman–Crippen LogP) is 1.32. The highest BCUT2D eigenvalue weighted by atomic mass is 35.5. The predicted molar refractivity (Wildman–Crippen MR) is 65.9 cm³/mol. The van der Waals surface area contributed by atoms with Crippen molar-refractivity contribution in [1.82, 2.24) is 9.88 Å². The Bertz CT molecular complexity index is 358. The maximum Gasteiger partial charge on any atom is 0.129 e. The molecule has 17 heavy (non-hydrogen) atoms. The van der Waals surface area contributed by atoms with Crippen molar-refractivity contribution in [3.63, 3.8) is 0 Å². The number of aromatic nitrogens is 1. The molecule has 1 saturated heterocycles. The van der Waals surface area contributed by atoms with Gasteiger partial charge in [0, 0.05) is 25.3 Å². The average molecular weight is 257 g/mol. The molecule has 1 aliphatic heterocycles. The van der Waals surface area contributed by atoms with Gasteiger partial charge in [-0.05, 0) is 18.6 Å². The van der Waals surface area contributed by atoms with Crippen molar-refractivity contribution in [2.75, 3.05) is 19.8 Å². The van der Waals surface area contributed by atoms with E-state index < -0.39 is 0 Å². The second kappa shape index (κ2) is 5.78. The van der Waals surface area contributed by atoms with Crippen LogP contribution in [0.15, 0.2) is 18.3 Å². The Balaban J connectivity index is 1.98. The van der Waals surface area contributed by atoms with E-state index in [-0.39, 0.29) is 12.7 Å². The van der Waals surface area contributed by atoms with E-state index >= 15 is 0 Å². The van der Waals surface area contributed by atoms with Gasteiger partial charge < -0.3 is 9.84 Å². The third kappa shape index (κ3) is 3.39. The Morgan fingerprint density at radius 1 is 1.59 bits per heavy atom. The summed E-state index contributed by atoms with van der Waals surface area (Å²) in [7, 11) is 0. The monoisotopic (exact) mass is 256 g/mol. The molecule has 0 aliphatic carbocycles. The summed E-state index contributed by atoms with van der Waals surface area (Å²) in [5.41, 5.74) is 1.12. The molecule has 5 heteroatoms. The third-order valence-electron chi connectivity index (χ3n) is 3.01. The summed E-state index contributed by atoms with van der Waals surface area (Å²) in [5, 5.41) is 9.63. The molecular weight excluding hydrogens is 240 g/mol. The van der Waals surface area contributed by atoms with Gasteiger partial charge in [0.05, 0.1) is 19.3 Å². The molecule has 2 rings (SSSR count). The molecular formula is C12H17ClN2O2. The highest BCUT2D eigenvalue weighted by Crippen LogP contribution is 2.15. The lowest BCUT2D eigenvalue weighted by molar-refractivity contribution is -0.0805. The van der Waals surface area contributed by atoms with Crippen LogP contribution in [0.3, 0.4) is 0 Å². The van der Waals surface area contributed by atoms with E-state index in [1.807, 2.05) is 6.07 Å². The first-order valence-electron chi connectivity index (χ1n) is 5.76. The second-order valence-electron chi connectivity index (χ2n) is 4.41. The van der Waals surface area contributed by atoms with Crippen LogP contribution in [-0.2, 0) is 11.3 Å². The van der Waals surface area contributed by atoms with Crippen molar-refractivity contribution in [1.29, 1.82) is 0 Å². The summed E-state index contributed by atoms with van der Waals surface area (Å²) in [6.07, 6.45) is 1.71. The molecule has 0 aromatic carbocycles. The fraction of sp³-hybridized carbons (Fsp3) is 0.583. The topological polar surface area (TPSA) is 45.6 Å². The van der Waals surface area contributed by atoms with E-state index in [9.17, 15) is 0 Å². The number of aliphatic hydroxyl groups excluding tert-OH is 1. The van der Waals surface area contributed by atoms with E-state index in [0.29, 0.717) is 17.8 Å². The molecule has 1 N–H and O–H groups in total. The number of morpholine rings is 1.